The molecule has 0 saturated carbocycles. The Labute approximate surface area is 108 Å². The van der Waals surface area contributed by atoms with E-state index in [1.54, 1.807) is 25.3 Å². The van der Waals surface area contributed by atoms with E-state index in [1.807, 2.05) is 13.0 Å². The van der Waals surface area contributed by atoms with E-state index in [2.05, 4.69) is 9.71 Å². The SMILES string of the molecule is CCC(C)(O)CNS(=O)(=O)CCc1ccccn1. The molecule has 6 heteroatoms. The van der Waals surface area contributed by atoms with Crippen molar-refractivity contribution in [1.29, 1.82) is 0 Å². The standard InChI is InChI=1S/C12H20N2O3S/c1-3-12(2,15)10-14-18(16,17)9-7-11-6-4-5-8-13-11/h4-6,8,14-15H,3,7,9-10H2,1-2H3. The van der Waals surface area contributed by atoms with Crippen LogP contribution < -0.4 is 4.72 Å². The van der Waals surface area contributed by atoms with E-state index in [0.717, 1.165) is 5.69 Å². The first-order valence-electron chi connectivity index (χ1n) is 5.94. The fourth-order valence-corrected chi connectivity index (χ4v) is 2.40. The third-order valence-corrected chi connectivity index (χ3v) is 4.11. The van der Waals surface area contributed by atoms with Crippen molar-refractivity contribution < 1.29 is 13.5 Å². The lowest BCUT2D eigenvalue weighted by Gasteiger charge is -2.21. The van der Waals surface area contributed by atoms with Gasteiger partial charge in [-0.25, -0.2) is 13.1 Å². The predicted octanol–water partition coefficient (Wildman–Crippen LogP) is 0.704. The summed E-state index contributed by atoms with van der Waals surface area (Å²) in [4.78, 5) is 4.07. The van der Waals surface area contributed by atoms with Crippen LogP contribution in [0.15, 0.2) is 24.4 Å². The average Bonchev–Trinajstić information content (AvgIpc) is 2.36. The molecule has 0 aliphatic rings. The fourth-order valence-electron chi connectivity index (χ4n) is 1.25. The molecule has 0 bridgehead atoms. The quantitative estimate of drug-likeness (QED) is 0.766. The zero-order valence-corrected chi connectivity index (χ0v) is 11.6. The fraction of sp³-hybridized carbons (Fsp3) is 0.583. The highest BCUT2D eigenvalue weighted by Gasteiger charge is 2.21. The topological polar surface area (TPSA) is 79.3 Å². The summed E-state index contributed by atoms with van der Waals surface area (Å²) in [6.45, 7) is 3.45. The van der Waals surface area contributed by atoms with E-state index in [9.17, 15) is 13.5 Å². The number of sulfonamides is 1. The molecule has 0 saturated heterocycles. The van der Waals surface area contributed by atoms with E-state index >= 15 is 0 Å². The first-order valence-corrected chi connectivity index (χ1v) is 7.59. The highest BCUT2D eigenvalue weighted by Crippen LogP contribution is 2.07. The van der Waals surface area contributed by atoms with Crippen molar-refractivity contribution in [3.63, 3.8) is 0 Å². The molecule has 1 atom stereocenters. The van der Waals surface area contributed by atoms with Crippen molar-refractivity contribution in [2.45, 2.75) is 32.3 Å². The summed E-state index contributed by atoms with van der Waals surface area (Å²) >= 11 is 0. The van der Waals surface area contributed by atoms with Crippen molar-refractivity contribution in [3.8, 4) is 0 Å². The van der Waals surface area contributed by atoms with Crippen LogP contribution >= 0.6 is 0 Å². The Morgan fingerprint density at radius 1 is 1.44 bits per heavy atom. The Balaban J connectivity index is 2.46. The van der Waals surface area contributed by atoms with Gasteiger partial charge in [0.2, 0.25) is 10.0 Å². The number of aromatic nitrogens is 1. The van der Waals surface area contributed by atoms with Gasteiger partial charge >= 0.3 is 0 Å². The predicted molar refractivity (Wildman–Crippen MR) is 70.6 cm³/mol. The van der Waals surface area contributed by atoms with Gasteiger partial charge in [0.05, 0.1) is 11.4 Å². The van der Waals surface area contributed by atoms with Gasteiger partial charge in [0.25, 0.3) is 0 Å². The third-order valence-electron chi connectivity index (χ3n) is 2.79. The highest BCUT2D eigenvalue weighted by molar-refractivity contribution is 7.89. The van der Waals surface area contributed by atoms with Gasteiger partial charge in [-0.15, -0.1) is 0 Å². The van der Waals surface area contributed by atoms with Crippen molar-refractivity contribution in [3.05, 3.63) is 30.1 Å². The molecule has 0 aliphatic carbocycles. The number of aryl methyl sites for hydroxylation is 1. The number of rotatable bonds is 7. The second-order valence-electron chi connectivity index (χ2n) is 4.56. The Morgan fingerprint density at radius 3 is 2.72 bits per heavy atom. The molecule has 5 nitrogen and oxygen atoms in total. The van der Waals surface area contributed by atoms with E-state index in [4.69, 9.17) is 0 Å². The molecule has 1 aromatic rings. The van der Waals surface area contributed by atoms with E-state index in [1.165, 1.54) is 0 Å². The molecule has 1 rings (SSSR count). The van der Waals surface area contributed by atoms with E-state index in [-0.39, 0.29) is 12.3 Å². The number of hydrogen-bond acceptors (Lipinski definition) is 4. The van der Waals surface area contributed by atoms with Gasteiger partial charge in [0.1, 0.15) is 0 Å². The second-order valence-corrected chi connectivity index (χ2v) is 6.49. The average molecular weight is 272 g/mol. The normalized spacial score (nSPS) is 15.3. The maximum Gasteiger partial charge on any atom is 0.212 e. The summed E-state index contributed by atoms with van der Waals surface area (Å²) in [7, 11) is -3.37. The minimum atomic E-state index is -3.37. The van der Waals surface area contributed by atoms with Crippen LogP contribution in [-0.2, 0) is 16.4 Å². The molecule has 0 spiro atoms. The molecule has 1 heterocycles. The molecule has 0 radical (unpaired) electrons. The van der Waals surface area contributed by atoms with Gasteiger partial charge in [-0.1, -0.05) is 13.0 Å². The lowest BCUT2D eigenvalue weighted by molar-refractivity contribution is 0.0613. The van der Waals surface area contributed by atoms with Crippen LogP contribution in [0.3, 0.4) is 0 Å². The van der Waals surface area contributed by atoms with Crippen LogP contribution in [-0.4, -0.2) is 36.4 Å². The molecule has 18 heavy (non-hydrogen) atoms. The molecular formula is C12H20N2O3S. The summed E-state index contributed by atoms with van der Waals surface area (Å²) in [5.41, 5.74) is -0.261. The zero-order valence-electron chi connectivity index (χ0n) is 10.8. The lowest BCUT2D eigenvalue weighted by atomic mass is 10.1. The zero-order chi connectivity index (χ0) is 13.6. The van der Waals surface area contributed by atoms with Gasteiger partial charge < -0.3 is 5.11 Å². The van der Waals surface area contributed by atoms with Crippen molar-refractivity contribution >= 4 is 10.0 Å². The number of hydrogen-bond donors (Lipinski definition) is 2. The van der Waals surface area contributed by atoms with Crippen LogP contribution in [0.4, 0.5) is 0 Å². The van der Waals surface area contributed by atoms with E-state index < -0.39 is 15.6 Å². The van der Waals surface area contributed by atoms with Gasteiger partial charge in [-0.3, -0.25) is 4.98 Å². The minimum absolute atomic E-state index is 0.0240. The summed E-state index contributed by atoms with van der Waals surface area (Å²) in [6.07, 6.45) is 2.50. The first-order chi connectivity index (χ1) is 8.35. The first kappa shape index (κ1) is 15.1. The number of nitrogens with zero attached hydrogens (tertiary/aromatic N) is 1. The minimum Gasteiger partial charge on any atom is -0.389 e. The van der Waals surface area contributed by atoms with Crippen LogP contribution in [0.2, 0.25) is 0 Å². The van der Waals surface area contributed by atoms with E-state index in [0.29, 0.717) is 12.8 Å². The largest absolute Gasteiger partial charge is 0.389 e. The Bertz CT molecular complexity index is 457. The summed E-state index contributed by atoms with van der Waals surface area (Å²) in [5.74, 6) is -0.0240. The molecule has 1 unspecified atom stereocenters. The smallest absolute Gasteiger partial charge is 0.212 e. The van der Waals surface area contributed by atoms with Gasteiger partial charge in [-0.05, 0) is 25.5 Å². The molecule has 2 N–H and O–H groups in total. The molecule has 0 amide bonds. The Kier molecular flexibility index (Phi) is 5.25. The van der Waals surface area contributed by atoms with Crippen LogP contribution in [0.1, 0.15) is 26.0 Å². The van der Waals surface area contributed by atoms with Crippen LogP contribution in [0.5, 0.6) is 0 Å². The Hall–Kier alpha value is -0.980. The molecule has 1 aromatic heterocycles. The van der Waals surface area contributed by atoms with Crippen molar-refractivity contribution in [2.75, 3.05) is 12.3 Å². The molecule has 0 aromatic carbocycles. The third kappa shape index (κ3) is 5.57. The van der Waals surface area contributed by atoms with Gasteiger partial charge in [-0.2, -0.15) is 0 Å². The molecular weight excluding hydrogens is 252 g/mol. The molecule has 102 valence electrons. The summed E-state index contributed by atoms with van der Waals surface area (Å²) in [6, 6.07) is 5.40. The summed E-state index contributed by atoms with van der Waals surface area (Å²) in [5, 5.41) is 9.73. The van der Waals surface area contributed by atoms with Gasteiger partial charge in [0.15, 0.2) is 0 Å². The summed E-state index contributed by atoms with van der Waals surface area (Å²) < 4.78 is 25.8. The van der Waals surface area contributed by atoms with Crippen LogP contribution in [0.25, 0.3) is 0 Å². The van der Waals surface area contributed by atoms with Gasteiger partial charge in [0, 0.05) is 24.9 Å². The Morgan fingerprint density at radius 2 is 2.17 bits per heavy atom. The maximum absolute atomic E-state index is 11.7. The number of nitrogens with one attached hydrogen (secondary N) is 1. The van der Waals surface area contributed by atoms with Crippen LogP contribution in [0, 0.1) is 0 Å². The molecule has 0 fully saturated rings. The number of pyridine rings is 1. The van der Waals surface area contributed by atoms with Crippen molar-refractivity contribution in [1.82, 2.24) is 9.71 Å². The molecule has 0 aliphatic heterocycles. The van der Waals surface area contributed by atoms with Crippen molar-refractivity contribution in [2.24, 2.45) is 0 Å². The maximum atomic E-state index is 11.7. The highest BCUT2D eigenvalue weighted by atomic mass is 32.2. The number of aliphatic hydroxyl groups is 1. The second kappa shape index (κ2) is 6.26. The monoisotopic (exact) mass is 272 g/mol. The lowest BCUT2D eigenvalue weighted by Crippen LogP contribution is -2.41.